The van der Waals surface area contributed by atoms with E-state index < -0.39 is 0 Å². The molecule has 0 aromatic heterocycles. The number of hydrogen-bond acceptors (Lipinski definition) is 5. The average Bonchev–Trinajstić information content (AvgIpc) is 3.30. The minimum Gasteiger partial charge on any atom is -0.491 e. The highest BCUT2D eigenvalue weighted by molar-refractivity contribution is 5.99. The van der Waals surface area contributed by atoms with Crippen LogP contribution in [-0.2, 0) is 14.3 Å². The van der Waals surface area contributed by atoms with Crippen LogP contribution in [0.15, 0.2) is 24.3 Å². The standard InChI is InChI=1S/C16H20O5/c1-12(17)20-10-8-19-9-11-21-15-6-4-14(5-7-15)16(18)13-2-3-13/h4-7,13H,2-3,8-11H2,1H3. The molecule has 0 saturated heterocycles. The lowest BCUT2D eigenvalue weighted by atomic mass is 10.1. The van der Waals surface area contributed by atoms with E-state index in [1.807, 2.05) is 0 Å². The Hall–Kier alpha value is -1.88. The summed E-state index contributed by atoms with van der Waals surface area (Å²) in [6.07, 6.45) is 2.03. The molecular weight excluding hydrogens is 272 g/mol. The van der Waals surface area contributed by atoms with E-state index in [9.17, 15) is 9.59 Å². The van der Waals surface area contributed by atoms with Gasteiger partial charge in [-0.15, -0.1) is 0 Å². The van der Waals surface area contributed by atoms with Gasteiger partial charge in [0.1, 0.15) is 19.0 Å². The Bertz CT molecular complexity index is 476. The lowest BCUT2D eigenvalue weighted by molar-refractivity contribution is -0.142. The Balaban J connectivity index is 1.60. The molecule has 0 unspecified atom stereocenters. The van der Waals surface area contributed by atoms with E-state index in [2.05, 4.69) is 0 Å². The number of ether oxygens (including phenoxy) is 3. The summed E-state index contributed by atoms with van der Waals surface area (Å²) in [6, 6.07) is 7.21. The molecular formula is C16H20O5. The molecule has 0 bridgehead atoms. The highest BCUT2D eigenvalue weighted by Crippen LogP contribution is 2.32. The predicted octanol–water partition coefficient (Wildman–Crippen LogP) is 2.24. The van der Waals surface area contributed by atoms with Crippen LogP contribution in [0.3, 0.4) is 0 Å². The van der Waals surface area contributed by atoms with Crippen LogP contribution in [0.4, 0.5) is 0 Å². The van der Waals surface area contributed by atoms with E-state index in [4.69, 9.17) is 14.2 Å². The van der Waals surface area contributed by atoms with Gasteiger partial charge in [-0.1, -0.05) is 0 Å². The molecule has 5 nitrogen and oxygen atoms in total. The van der Waals surface area contributed by atoms with Gasteiger partial charge in [-0.25, -0.2) is 0 Å². The number of Topliss-reactive ketones (excluding diaryl/α,β-unsaturated/α-hetero) is 1. The average molecular weight is 292 g/mol. The van der Waals surface area contributed by atoms with Crippen LogP contribution in [0.2, 0.25) is 0 Å². The van der Waals surface area contributed by atoms with Crippen molar-refractivity contribution in [2.45, 2.75) is 19.8 Å². The molecule has 1 saturated carbocycles. The third-order valence-corrected chi connectivity index (χ3v) is 3.12. The van der Waals surface area contributed by atoms with Gasteiger partial charge in [0, 0.05) is 18.4 Å². The van der Waals surface area contributed by atoms with Crippen LogP contribution in [0.5, 0.6) is 5.75 Å². The third-order valence-electron chi connectivity index (χ3n) is 3.12. The van der Waals surface area contributed by atoms with E-state index in [-0.39, 0.29) is 24.3 Å². The summed E-state index contributed by atoms with van der Waals surface area (Å²) in [5, 5.41) is 0. The van der Waals surface area contributed by atoms with Crippen LogP contribution >= 0.6 is 0 Å². The molecule has 0 spiro atoms. The topological polar surface area (TPSA) is 61.8 Å². The summed E-state index contributed by atoms with van der Waals surface area (Å²) in [6.45, 7) is 2.81. The normalized spacial score (nSPS) is 13.8. The van der Waals surface area contributed by atoms with E-state index in [1.54, 1.807) is 24.3 Å². The van der Waals surface area contributed by atoms with Gasteiger partial charge in [0.15, 0.2) is 5.78 Å². The monoisotopic (exact) mass is 292 g/mol. The van der Waals surface area contributed by atoms with Crippen molar-refractivity contribution in [3.63, 3.8) is 0 Å². The van der Waals surface area contributed by atoms with Gasteiger partial charge in [-0.3, -0.25) is 9.59 Å². The number of esters is 1. The Kier molecular flexibility index (Phi) is 5.75. The number of benzene rings is 1. The third kappa shape index (κ3) is 5.55. The number of ketones is 1. The summed E-state index contributed by atoms with van der Waals surface area (Å²) in [7, 11) is 0. The Morgan fingerprint density at radius 3 is 2.33 bits per heavy atom. The molecule has 1 aromatic rings. The maximum atomic E-state index is 11.8. The Morgan fingerprint density at radius 2 is 1.71 bits per heavy atom. The molecule has 5 heteroatoms. The molecule has 21 heavy (non-hydrogen) atoms. The van der Waals surface area contributed by atoms with Crippen LogP contribution in [0.25, 0.3) is 0 Å². The molecule has 0 amide bonds. The molecule has 1 aliphatic rings. The summed E-state index contributed by atoms with van der Waals surface area (Å²) < 4.78 is 15.5. The second-order valence-electron chi connectivity index (χ2n) is 4.96. The van der Waals surface area contributed by atoms with Crippen LogP contribution < -0.4 is 4.74 Å². The Labute approximate surface area is 124 Å². The van der Waals surface area contributed by atoms with Gasteiger partial charge < -0.3 is 14.2 Å². The van der Waals surface area contributed by atoms with Gasteiger partial charge >= 0.3 is 5.97 Å². The minimum atomic E-state index is -0.310. The first-order valence-electron chi connectivity index (χ1n) is 7.15. The second kappa shape index (κ2) is 7.78. The van der Waals surface area contributed by atoms with Crippen molar-refractivity contribution in [3.05, 3.63) is 29.8 Å². The van der Waals surface area contributed by atoms with E-state index >= 15 is 0 Å². The van der Waals surface area contributed by atoms with Crippen molar-refractivity contribution in [2.24, 2.45) is 5.92 Å². The molecule has 0 radical (unpaired) electrons. The fourth-order valence-electron chi connectivity index (χ4n) is 1.86. The second-order valence-corrected chi connectivity index (χ2v) is 4.96. The largest absolute Gasteiger partial charge is 0.491 e. The zero-order valence-corrected chi connectivity index (χ0v) is 12.2. The highest BCUT2D eigenvalue weighted by atomic mass is 16.6. The maximum absolute atomic E-state index is 11.8. The fourth-order valence-corrected chi connectivity index (χ4v) is 1.86. The first kappa shape index (κ1) is 15.5. The fraction of sp³-hybridized carbons (Fsp3) is 0.500. The van der Waals surface area contributed by atoms with E-state index in [0.29, 0.717) is 25.6 Å². The van der Waals surface area contributed by atoms with Crippen molar-refractivity contribution >= 4 is 11.8 Å². The van der Waals surface area contributed by atoms with Crippen molar-refractivity contribution in [2.75, 3.05) is 26.4 Å². The molecule has 1 aliphatic carbocycles. The van der Waals surface area contributed by atoms with Gasteiger partial charge in [0.05, 0.1) is 13.2 Å². The molecule has 1 aromatic carbocycles. The first-order valence-corrected chi connectivity index (χ1v) is 7.15. The van der Waals surface area contributed by atoms with Gasteiger partial charge in [0.25, 0.3) is 0 Å². The molecule has 0 atom stereocenters. The number of hydrogen-bond donors (Lipinski definition) is 0. The maximum Gasteiger partial charge on any atom is 0.302 e. The van der Waals surface area contributed by atoms with Crippen LogP contribution in [0.1, 0.15) is 30.1 Å². The molecule has 0 aliphatic heterocycles. The molecule has 2 rings (SSSR count). The summed E-state index contributed by atoms with van der Waals surface area (Å²) in [4.78, 5) is 22.3. The highest BCUT2D eigenvalue weighted by Gasteiger charge is 2.30. The molecule has 114 valence electrons. The zero-order chi connectivity index (χ0) is 15.1. The van der Waals surface area contributed by atoms with E-state index in [0.717, 1.165) is 18.4 Å². The molecule has 1 fully saturated rings. The van der Waals surface area contributed by atoms with Crippen molar-refractivity contribution < 1.29 is 23.8 Å². The molecule has 0 heterocycles. The summed E-state index contributed by atoms with van der Waals surface area (Å²) in [5.41, 5.74) is 0.752. The zero-order valence-electron chi connectivity index (χ0n) is 12.2. The SMILES string of the molecule is CC(=O)OCCOCCOc1ccc(C(=O)C2CC2)cc1. The minimum absolute atomic E-state index is 0.232. The first-order chi connectivity index (χ1) is 10.2. The summed E-state index contributed by atoms with van der Waals surface area (Å²) >= 11 is 0. The van der Waals surface area contributed by atoms with Gasteiger partial charge in [-0.2, -0.15) is 0 Å². The van der Waals surface area contributed by atoms with Crippen molar-refractivity contribution in [1.82, 2.24) is 0 Å². The predicted molar refractivity (Wildman–Crippen MR) is 76.4 cm³/mol. The Morgan fingerprint density at radius 1 is 1.05 bits per heavy atom. The number of carbonyl (C=O) groups excluding carboxylic acids is 2. The van der Waals surface area contributed by atoms with E-state index in [1.165, 1.54) is 6.92 Å². The number of carbonyl (C=O) groups is 2. The smallest absolute Gasteiger partial charge is 0.302 e. The van der Waals surface area contributed by atoms with Crippen molar-refractivity contribution in [1.29, 1.82) is 0 Å². The number of rotatable bonds is 9. The van der Waals surface area contributed by atoms with Crippen LogP contribution in [-0.4, -0.2) is 38.2 Å². The lowest BCUT2D eigenvalue weighted by Gasteiger charge is -2.08. The van der Waals surface area contributed by atoms with Crippen LogP contribution in [0, 0.1) is 5.92 Å². The molecule has 0 N–H and O–H groups in total. The lowest BCUT2D eigenvalue weighted by Crippen LogP contribution is -2.12. The van der Waals surface area contributed by atoms with Gasteiger partial charge in [0.2, 0.25) is 0 Å². The summed E-state index contributed by atoms with van der Waals surface area (Å²) in [5.74, 6) is 0.874. The quantitative estimate of drug-likeness (QED) is 0.397. The van der Waals surface area contributed by atoms with Crippen molar-refractivity contribution in [3.8, 4) is 5.75 Å². The van der Waals surface area contributed by atoms with Gasteiger partial charge in [-0.05, 0) is 37.1 Å².